The second-order valence-corrected chi connectivity index (χ2v) is 16.8. The number of rotatable bonds is 12. The van der Waals surface area contributed by atoms with Gasteiger partial charge in [-0.1, -0.05) is 57.2 Å². The first-order valence-electron chi connectivity index (χ1n) is 17.5. The fraction of sp³-hybridized carbons (Fsp3) is 0.447. The number of amides is 4. The zero-order valence-electron chi connectivity index (χ0n) is 30.4. The van der Waals surface area contributed by atoms with E-state index in [1.54, 1.807) is 46.1 Å². The molecule has 2 aliphatic carbocycles. The number of alkyl carbamates (subject to hydrolysis) is 1. The molecule has 282 valence electrons. The van der Waals surface area contributed by atoms with Gasteiger partial charge in [-0.3, -0.25) is 19.1 Å². The molecule has 3 aliphatic rings. The van der Waals surface area contributed by atoms with Gasteiger partial charge in [-0.15, -0.1) is 6.58 Å². The number of hydrogen-bond donors (Lipinski definition) is 3. The Bertz CT molecular complexity index is 2050. The lowest BCUT2D eigenvalue weighted by Gasteiger charge is -2.35. The Morgan fingerprint density at radius 3 is 2.38 bits per heavy atom. The third-order valence-corrected chi connectivity index (χ3v) is 11.8. The van der Waals surface area contributed by atoms with Gasteiger partial charge in [-0.25, -0.2) is 18.2 Å². The summed E-state index contributed by atoms with van der Waals surface area (Å²) in [5, 5.41) is 5.44. The molecule has 1 aliphatic heterocycles. The SMILES string of the molecule is C=C[C@@H]1C[C@]1(NC(=O)[C@@H]1C[C@@H](Oc2cc(-c3ccccc3)nc3cc(OC)ccc23)CN1C(=O)[C@@H](NC(=O)OC)C(C)(C)C)C(=O)NS(=O)(=O)C1CC1. The maximum atomic E-state index is 14.4. The Kier molecular flexibility index (Phi) is 10.2. The first-order chi connectivity index (χ1) is 25.1. The monoisotopic (exact) mass is 747 g/mol. The van der Waals surface area contributed by atoms with Crippen LogP contribution in [0.5, 0.6) is 11.5 Å². The highest BCUT2D eigenvalue weighted by atomic mass is 32.2. The van der Waals surface area contributed by atoms with Crippen molar-refractivity contribution in [3.63, 3.8) is 0 Å². The van der Waals surface area contributed by atoms with Crippen LogP contribution >= 0.6 is 0 Å². The van der Waals surface area contributed by atoms with Gasteiger partial charge in [0.2, 0.25) is 21.8 Å². The molecule has 1 aromatic heterocycles. The van der Waals surface area contributed by atoms with Crippen LogP contribution in [0.1, 0.15) is 46.5 Å². The van der Waals surface area contributed by atoms with Gasteiger partial charge in [0.15, 0.2) is 0 Å². The molecule has 2 aromatic carbocycles. The molecule has 4 amide bonds. The summed E-state index contributed by atoms with van der Waals surface area (Å²) in [6.45, 7) is 9.03. The topological polar surface area (TPSA) is 182 Å². The molecular weight excluding hydrogens is 703 g/mol. The summed E-state index contributed by atoms with van der Waals surface area (Å²) < 4.78 is 44.5. The maximum absolute atomic E-state index is 14.4. The molecule has 0 spiro atoms. The third-order valence-electron chi connectivity index (χ3n) is 10.0. The maximum Gasteiger partial charge on any atom is 0.407 e. The highest BCUT2D eigenvalue weighted by Crippen LogP contribution is 2.46. The minimum atomic E-state index is -3.91. The van der Waals surface area contributed by atoms with E-state index < -0.39 is 74.1 Å². The van der Waals surface area contributed by atoms with E-state index >= 15 is 0 Å². The molecule has 3 aromatic rings. The average Bonchev–Trinajstić information content (AvgIpc) is 4.06. The quantitative estimate of drug-likeness (QED) is 0.231. The van der Waals surface area contributed by atoms with E-state index in [0.29, 0.717) is 40.9 Å². The number of nitrogens with zero attached hydrogens (tertiary/aromatic N) is 2. The van der Waals surface area contributed by atoms with Crippen molar-refractivity contribution in [2.75, 3.05) is 20.8 Å². The van der Waals surface area contributed by atoms with E-state index in [1.807, 2.05) is 36.4 Å². The van der Waals surface area contributed by atoms with Gasteiger partial charge < -0.3 is 29.7 Å². The molecule has 1 saturated heterocycles. The molecule has 0 radical (unpaired) electrons. The van der Waals surface area contributed by atoms with Crippen LogP contribution in [0.3, 0.4) is 0 Å². The van der Waals surface area contributed by atoms with Crippen molar-refractivity contribution in [3.8, 4) is 22.8 Å². The van der Waals surface area contributed by atoms with Crippen molar-refractivity contribution >= 4 is 44.7 Å². The zero-order valence-corrected chi connectivity index (χ0v) is 31.2. The van der Waals surface area contributed by atoms with Gasteiger partial charge in [0.1, 0.15) is 35.2 Å². The number of benzene rings is 2. The molecule has 0 bridgehead atoms. The van der Waals surface area contributed by atoms with E-state index in [1.165, 1.54) is 18.1 Å². The lowest BCUT2D eigenvalue weighted by molar-refractivity contribution is -0.142. The Hall–Kier alpha value is -5.18. The molecule has 2 saturated carbocycles. The molecule has 5 atom stereocenters. The third kappa shape index (κ3) is 7.80. The number of fused-ring (bicyclic) bond motifs is 1. The lowest BCUT2D eigenvalue weighted by atomic mass is 9.85. The standard InChI is InChI=1S/C38H45N5O9S/c1-7-23-20-38(23,35(46)42-53(48,49)26-14-15-26)41-33(44)30-18-25(21-43(30)34(45)32(37(2,3)4)40-36(47)51-6)52-31-19-28(22-11-9-8-10-12-22)39-29-17-24(50-5)13-16-27(29)31/h7-13,16-17,19,23,25-26,30,32H,1,14-15,18,20-21H2,2-6H3,(H,40,47)(H,41,44)(H,42,46)/t23-,25-,30+,32-,38-/m1/s1. The fourth-order valence-corrected chi connectivity index (χ4v) is 8.09. The van der Waals surface area contributed by atoms with Crippen LogP contribution in [0.25, 0.3) is 22.2 Å². The zero-order chi connectivity index (χ0) is 38.3. The number of ether oxygens (including phenoxy) is 3. The van der Waals surface area contributed by atoms with Gasteiger partial charge in [-0.2, -0.15) is 0 Å². The van der Waals surface area contributed by atoms with Gasteiger partial charge in [0, 0.05) is 35.4 Å². The Morgan fingerprint density at radius 1 is 1.06 bits per heavy atom. The van der Waals surface area contributed by atoms with Gasteiger partial charge >= 0.3 is 6.09 Å². The molecule has 3 fully saturated rings. The smallest absolute Gasteiger partial charge is 0.407 e. The fourth-order valence-electron chi connectivity index (χ4n) is 6.72. The van der Waals surface area contributed by atoms with Crippen LogP contribution in [0.4, 0.5) is 4.79 Å². The number of carbonyl (C=O) groups excluding carboxylic acids is 4. The van der Waals surface area contributed by atoms with Crippen molar-refractivity contribution in [2.24, 2.45) is 11.3 Å². The molecule has 0 unspecified atom stereocenters. The van der Waals surface area contributed by atoms with E-state index in [4.69, 9.17) is 19.2 Å². The van der Waals surface area contributed by atoms with Crippen LogP contribution in [0.2, 0.25) is 0 Å². The average molecular weight is 748 g/mol. The van der Waals surface area contributed by atoms with Gasteiger partial charge in [0.25, 0.3) is 5.91 Å². The predicted octanol–water partition coefficient (Wildman–Crippen LogP) is 3.70. The summed E-state index contributed by atoms with van der Waals surface area (Å²) in [5.74, 6) is -1.55. The molecule has 15 heteroatoms. The van der Waals surface area contributed by atoms with Crippen molar-refractivity contribution in [2.45, 2.75) is 75.4 Å². The van der Waals surface area contributed by atoms with Crippen LogP contribution in [-0.2, 0) is 29.1 Å². The Balaban J connectivity index is 1.34. The lowest BCUT2D eigenvalue weighted by Crippen LogP contribution is -2.60. The number of carbonyl (C=O) groups is 4. The molecular formula is C38H45N5O9S. The number of nitrogens with one attached hydrogen (secondary N) is 3. The number of sulfonamides is 1. The number of aromatic nitrogens is 1. The normalized spacial score (nSPS) is 23.0. The van der Waals surface area contributed by atoms with E-state index in [9.17, 15) is 27.6 Å². The first-order valence-corrected chi connectivity index (χ1v) is 19.0. The predicted molar refractivity (Wildman–Crippen MR) is 196 cm³/mol. The van der Waals surface area contributed by atoms with Gasteiger partial charge in [0.05, 0.1) is 37.2 Å². The summed E-state index contributed by atoms with van der Waals surface area (Å²) in [6.07, 6.45) is 1.01. The number of methoxy groups -OCH3 is 2. The molecule has 2 heterocycles. The van der Waals surface area contributed by atoms with E-state index in [2.05, 4.69) is 21.9 Å². The molecule has 14 nitrogen and oxygen atoms in total. The number of likely N-dealkylation sites (tertiary alicyclic amines) is 1. The summed E-state index contributed by atoms with van der Waals surface area (Å²) in [7, 11) is -1.16. The van der Waals surface area contributed by atoms with E-state index in [-0.39, 0.29) is 19.4 Å². The highest BCUT2D eigenvalue weighted by molar-refractivity contribution is 7.91. The Labute approximate surface area is 308 Å². The molecule has 6 rings (SSSR count). The van der Waals surface area contributed by atoms with Crippen LogP contribution in [-0.4, -0.2) is 91.9 Å². The number of hydrogen-bond acceptors (Lipinski definition) is 10. The summed E-state index contributed by atoms with van der Waals surface area (Å²) in [6, 6.07) is 14.5. The van der Waals surface area contributed by atoms with Crippen molar-refractivity contribution in [3.05, 3.63) is 67.3 Å². The summed E-state index contributed by atoms with van der Waals surface area (Å²) in [5.41, 5.74) is -0.284. The van der Waals surface area contributed by atoms with Crippen LogP contribution in [0.15, 0.2) is 67.3 Å². The van der Waals surface area contributed by atoms with Crippen LogP contribution in [0, 0.1) is 11.3 Å². The van der Waals surface area contributed by atoms with Crippen molar-refractivity contribution < 1.29 is 41.8 Å². The summed E-state index contributed by atoms with van der Waals surface area (Å²) in [4.78, 5) is 60.8. The minimum Gasteiger partial charge on any atom is -0.497 e. The highest BCUT2D eigenvalue weighted by Gasteiger charge is 2.62. The molecule has 3 N–H and O–H groups in total. The Morgan fingerprint density at radius 2 is 1.77 bits per heavy atom. The number of pyridine rings is 1. The van der Waals surface area contributed by atoms with E-state index in [0.717, 1.165) is 5.56 Å². The minimum absolute atomic E-state index is 0.0180. The first kappa shape index (κ1) is 37.6. The van der Waals surface area contributed by atoms with Crippen molar-refractivity contribution in [1.82, 2.24) is 25.2 Å². The second-order valence-electron chi connectivity index (χ2n) is 14.9. The van der Waals surface area contributed by atoms with Gasteiger partial charge in [-0.05, 0) is 36.8 Å². The second kappa shape index (κ2) is 14.3. The van der Waals surface area contributed by atoms with Crippen molar-refractivity contribution in [1.29, 1.82) is 0 Å². The molecule has 53 heavy (non-hydrogen) atoms. The van der Waals surface area contributed by atoms with Crippen LogP contribution < -0.4 is 24.8 Å². The summed E-state index contributed by atoms with van der Waals surface area (Å²) >= 11 is 0. The largest absolute Gasteiger partial charge is 0.497 e.